The first-order chi connectivity index (χ1) is 11.6. The Balaban J connectivity index is 2.28. The van der Waals surface area contributed by atoms with Crippen molar-refractivity contribution in [1.29, 1.82) is 0 Å². The molecule has 1 aromatic rings. The molecule has 0 aromatic carbocycles. The number of rotatable bonds is 6. The molecule has 0 aliphatic rings. The lowest BCUT2D eigenvalue weighted by atomic mass is 10.1. The lowest BCUT2D eigenvalue weighted by molar-refractivity contribution is 0.0529. The smallest absolute Gasteiger partial charge is 0.407 e. The van der Waals surface area contributed by atoms with Crippen molar-refractivity contribution >= 4 is 12.1 Å². The van der Waals surface area contributed by atoms with E-state index in [2.05, 4.69) is 33.0 Å². The van der Waals surface area contributed by atoms with Gasteiger partial charge < -0.3 is 20.7 Å². The second-order valence-electron chi connectivity index (χ2n) is 6.88. The summed E-state index contributed by atoms with van der Waals surface area (Å²) in [5, 5.41) is 13.5. The van der Waals surface area contributed by atoms with E-state index < -0.39 is 11.7 Å². The predicted molar refractivity (Wildman–Crippen MR) is 100.0 cm³/mol. The van der Waals surface area contributed by atoms with Crippen LogP contribution in [-0.2, 0) is 18.2 Å². The van der Waals surface area contributed by atoms with Gasteiger partial charge in [0.25, 0.3) is 0 Å². The summed E-state index contributed by atoms with van der Waals surface area (Å²) in [5.74, 6) is 0.699. The van der Waals surface area contributed by atoms with Gasteiger partial charge in [-0.05, 0) is 46.6 Å². The number of aromatic nitrogens is 2. The zero-order chi connectivity index (χ0) is 19.0. The number of ether oxygens (including phenoxy) is 1. The number of nitrogens with zero attached hydrogens (tertiary/aromatic N) is 3. The number of nitrogens with one attached hydrogen (secondary N) is 3. The molecule has 142 valence electrons. The topological polar surface area (TPSA) is 92.6 Å². The number of hydrogen-bond acceptors (Lipinski definition) is 4. The van der Waals surface area contributed by atoms with Gasteiger partial charge in [-0.15, -0.1) is 0 Å². The van der Waals surface area contributed by atoms with Crippen LogP contribution in [0.5, 0.6) is 0 Å². The van der Waals surface area contributed by atoms with E-state index in [0.29, 0.717) is 19.0 Å². The van der Waals surface area contributed by atoms with Gasteiger partial charge in [-0.1, -0.05) is 0 Å². The standard InChI is InChI=1S/C17H32N6O2/c1-12-14(13(2)23(7)22-12)8-9-19-15(18-6)20-10-11-21-16(24)25-17(3,4)5/h8-11H2,1-7H3,(H,21,24)(H2,18,19,20). The van der Waals surface area contributed by atoms with Crippen LogP contribution in [0.25, 0.3) is 0 Å². The molecule has 25 heavy (non-hydrogen) atoms. The van der Waals surface area contributed by atoms with Crippen molar-refractivity contribution in [2.45, 2.75) is 46.6 Å². The minimum Gasteiger partial charge on any atom is -0.444 e. The maximum Gasteiger partial charge on any atom is 0.407 e. The molecule has 0 radical (unpaired) electrons. The third-order valence-corrected chi connectivity index (χ3v) is 3.64. The molecule has 0 aliphatic heterocycles. The molecule has 0 aliphatic carbocycles. The highest BCUT2D eigenvalue weighted by atomic mass is 16.6. The minimum atomic E-state index is -0.488. The third kappa shape index (κ3) is 7.45. The number of alkyl carbamates (subject to hydrolysis) is 1. The highest BCUT2D eigenvalue weighted by molar-refractivity contribution is 5.79. The van der Waals surface area contributed by atoms with Crippen LogP contribution >= 0.6 is 0 Å². The maximum absolute atomic E-state index is 11.6. The fourth-order valence-corrected chi connectivity index (χ4v) is 2.37. The summed E-state index contributed by atoms with van der Waals surface area (Å²) in [6, 6.07) is 0. The zero-order valence-corrected chi connectivity index (χ0v) is 16.5. The average Bonchev–Trinajstić information content (AvgIpc) is 2.73. The zero-order valence-electron chi connectivity index (χ0n) is 16.5. The van der Waals surface area contributed by atoms with E-state index in [4.69, 9.17) is 4.74 Å². The normalized spacial score (nSPS) is 12.0. The Labute approximate surface area is 150 Å². The molecule has 0 saturated heterocycles. The summed E-state index contributed by atoms with van der Waals surface area (Å²) >= 11 is 0. The Morgan fingerprint density at radius 2 is 1.76 bits per heavy atom. The van der Waals surface area contributed by atoms with Crippen LogP contribution in [0.4, 0.5) is 4.79 Å². The van der Waals surface area contributed by atoms with Crippen molar-refractivity contribution in [2.24, 2.45) is 12.0 Å². The van der Waals surface area contributed by atoms with Crippen LogP contribution < -0.4 is 16.0 Å². The molecule has 0 fully saturated rings. The molecule has 0 bridgehead atoms. The first-order valence-corrected chi connectivity index (χ1v) is 8.54. The molecule has 8 heteroatoms. The summed E-state index contributed by atoms with van der Waals surface area (Å²) in [7, 11) is 3.68. The first kappa shape index (κ1) is 20.8. The fraction of sp³-hybridized carbons (Fsp3) is 0.706. The SMILES string of the molecule is CN=C(NCCNC(=O)OC(C)(C)C)NCCc1c(C)nn(C)c1C. The average molecular weight is 352 g/mol. The van der Waals surface area contributed by atoms with Crippen molar-refractivity contribution < 1.29 is 9.53 Å². The Hall–Kier alpha value is -2.25. The van der Waals surface area contributed by atoms with Gasteiger partial charge in [0.1, 0.15) is 5.60 Å². The molecular weight excluding hydrogens is 320 g/mol. The van der Waals surface area contributed by atoms with Crippen LogP contribution in [0, 0.1) is 13.8 Å². The number of aryl methyl sites for hydroxylation is 2. The Morgan fingerprint density at radius 3 is 2.28 bits per heavy atom. The van der Waals surface area contributed by atoms with Gasteiger partial charge >= 0.3 is 6.09 Å². The van der Waals surface area contributed by atoms with Gasteiger partial charge in [0.05, 0.1) is 5.69 Å². The van der Waals surface area contributed by atoms with E-state index in [-0.39, 0.29) is 0 Å². The van der Waals surface area contributed by atoms with E-state index in [1.54, 1.807) is 7.05 Å². The lowest BCUT2D eigenvalue weighted by Crippen LogP contribution is -2.43. The number of guanidine groups is 1. The first-order valence-electron chi connectivity index (χ1n) is 8.54. The molecule has 0 spiro atoms. The molecule has 1 heterocycles. The molecule has 0 saturated carbocycles. The molecule has 1 aromatic heterocycles. The summed E-state index contributed by atoms with van der Waals surface area (Å²) in [6.45, 7) is 11.4. The van der Waals surface area contributed by atoms with E-state index >= 15 is 0 Å². The van der Waals surface area contributed by atoms with Gasteiger partial charge in [0.2, 0.25) is 0 Å². The van der Waals surface area contributed by atoms with Crippen LogP contribution in [0.3, 0.4) is 0 Å². The van der Waals surface area contributed by atoms with Crippen LogP contribution in [-0.4, -0.2) is 54.1 Å². The summed E-state index contributed by atoms with van der Waals surface area (Å²) in [6.07, 6.45) is 0.460. The number of hydrogen-bond donors (Lipinski definition) is 3. The monoisotopic (exact) mass is 352 g/mol. The predicted octanol–water partition coefficient (Wildman–Crippen LogP) is 1.27. The Kier molecular flexibility index (Phi) is 7.73. The van der Waals surface area contributed by atoms with Crippen molar-refractivity contribution in [3.63, 3.8) is 0 Å². The molecule has 3 N–H and O–H groups in total. The number of amides is 1. The van der Waals surface area contributed by atoms with Gasteiger partial charge in [-0.3, -0.25) is 9.67 Å². The largest absolute Gasteiger partial charge is 0.444 e. The van der Waals surface area contributed by atoms with E-state index in [1.807, 2.05) is 39.4 Å². The van der Waals surface area contributed by atoms with Gasteiger partial charge in [-0.2, -0.15) is 5.10 Å². The maximum atomic E-state index is 11.6. The molecule has 0 unspecified atom stereocenters. The molecule has 1 amide bonds. The number of carbonyl (C=O) groups excluding carboxylic acids is 1. The van der Waals surface area contributed by atoms with Gasteiger partial charge in [0, 0.05) is 39.4 Å². The van der Waals surface area contributed by atoms with E-state index in [0.717, 1.165) is 18.7 Å². The van der Waals surface area contributed by atoms with Crippen molar-refractivity contribution in [2.75, 3.05) is 26.7 Å². The Bertz CT molecular complexity index is 601. The molecule has 1 rings (SSSR count). The Morgan fingerprint density at radius 1 is 1.16 bits per heavy atom. The molecule has 0 atom stereocenters. The highest BCUT2D eigenvalue weighted by Gasteiger charge is 2.15. The third-order valence-electron chi connectivity index (χ3n) is 3.64. The summed E-state index contributed by atoms with van der Waals surface area (Å²) < 4.78 is 7.08. The number of aliphatic imine (C=N–C) groups is 1. The van der Waals surface area contributed by atoms with Crippen molar-refractivity contribution in [3.8, 4) is 0 Å². The highest BCUT2D eigenvalue weighted by Crippen LogP contribution is 2.11. The summed E-state index contributed by atoms with van der Waals surface area (Å²) in [5.41, 5.74) is 3.02. The molecule has 8 nitrogen and oxygen atoms in total. The van der Waals surface area contributed by atoms with Crippen LogP contribution in [0.15, 0.2) is 4.99 Å². The fourth-order valence-electron chi connectivity index (χ4n) is 2.37. The van der Waals surface area contributed by atoms with Crippen molar-refractivity contribution in [1.82, 2.24) is 25.7 Å². The van der Waals surface area contributed by atoms with Crippen LogP contribution in [0.1, 0.15) is 37.7 Å². The van der Waals surface area contributed by atoms with Gasteiger partial charge in [0.15, 0.2) is 5.96 Å². The van der Waals surface area contributed by atoms with E-state index in [1.165, 1.54) is 11.3 Å². The summed E-state index contributed by atoms with van der Waals surface area (Å²) in [4.78, 5) is 15.7. The second-order valence-corrected chi connectivity index (χ2v) is 6.88. The van der Waals surface area contributed by atoms with Crippen LogP contribution in [0.2, 0.25) is 0 Å². The quantitative estimate of drug-likeness (QED) is 0.407. The lowest BCUT2D eigenvalue weighted by Gasteiger charge is -2.19. The second kappa shape index (κ2) is 9.29. The minimum absolute atomic E-state index is 0.417. The van der Waals surface area contributed by atoms with Crippen molar-refractivity contribution in [3.05, 3.63) is 17.0 Å². The number of carbonyl (C=O) groups is 1. The molecular formula is C17H32N6O2. The van der Waals surface area contributed by atoms with E-state index in [9.17, 15) is 4.79 Å². The van der Waals surface area contributed by atoms with Gasteiger partial charge in [-0.25, -0.2) is 4.79 Å².